The molecular weight excluding hydrogens is 387 g/mol. The third kappa shape index (κ3) is 4.51. The molecule has 0 aliphatic heterocycles. The molecule has 0 radical (unpaired) electrons. The van der Waals surface area contributed by atoms with Gasteiger partial charge in [-0.05, 0) is 29.8 Å². The first-order chi connectivity index (χ1) is 14.0. The van der Waals surface area contributed by atoms with Gasteiger partial charge in [-0.2, -0.15) is 0 Å². The second-order valence-corrected chi connectivity index (χ2v) is 8.13. The minimum atomic E-state index is -0.247. The van der Waals surface area contributed by atoms with Crippen LogP contribution in [0, 0.1) is 5.82 Å². The van der Waals surface area contributed by atoms with Crippen LogP contribution in [-0.4, -0.2) is 20.9 Å². The monoisotopic (exact) mass is 408 g/mol. The van der Waals surface area contributed by atoms with Crippen molar-refractivity contribution >= 4 is 34.0 Å². The van der Waals surface area contributed by atoms with Gasteiger partial charge in [0.2, 0.25) is 5.91 Å². The molecule has 29 heavy (non-hydrogen) atoms. The van der Waals surface area contributed by atoms with Crippen LogP contribution in [0.1, 0.15) is 41.9 Å². The Kier molecular flexibility index (Phi) is 5.40. The van der Waals surface area contributed by atoms with Crippen molar-refractivity contribution in [1.82, 2.24) is 15.0 Å². The van der Waals surface area contributed by atoms with Crippen molar-refractivity contribution in [3.05, 3.63) is 75.8 Å². The quantitative estimate of drug-likeness (QED) is 0.469. The topological polar surface area (TPSA) is 70.7 Å². The Morgan fingerprint density at radius 1 is 1.21 bits per heavy atom. The van der Waals surface area contributed by atoms with Crippen molar-refractivity contribution in [2.24, 2.45) is 0 Å². The molecule has 2 aromatic carbocycles. The number of thiazole rings is 1. The van der Waals surface area contributed by atoms with E-state index < -0.39 is 0 Å². The smallest absolute Gasteiger partial charge is 0.230 e. The molecule has 0 spiro atoms. The van der Waals surface area contributed by atoms with Crippen LogP contribution in [0.25, 0.3) is 11.0 Å². The number of aromatic amines is 1. The van der Waals surface area contributed by atoms with E-state index in [-0.39, 0.29) is 18.1 Å². The van der Waals surface area contributed by atoms with Crippen molar-refractivity contribution < 1.29 is 9.18 Å². The molecule has 4 aromatic rings. The highest BCUT2D eigenvalue weighted by Crippen LogP contribution is 2.21. The van der Waals surface area contributed by atoms with Crippen LogP contribution in [0.15, 0.2) is 47.8 Å². The summed E-state index contributed by atoms with van der Waals surface area (Å²) in [5, 5.41) is 5.88. The number of benzene rings is 2. The minimum Gasteiger partial charge on any atom is -0.342 e. The van der Waals surface area contributed by atoms with Gasteiger partial charge in [-0.1, -0.05) is 32.0 Å². The third-order valence-electron chi connectivity index (χ3n) is 4.54. The molecule has 0 unspecified atom stereocenters. The van der Waals surface area contributed by atoms with Gasteiger partial charge < -0.3 is 10.3 Å². The SMILES string of the molecule is CC(C)c1nc(CC(=O)Nc2ccc3nc(Cc4ccccc4F)[nH]c3c2)cs1. The van der Waals surface area contributed by atoms with Crippen LogP contribution in [0.2, 0.25) is 0 Å². The molecule has 0 saturated carbocycles. The van der Waals surface area contributed by atoms with E-state index in [1.54, 1.807) is 29.5 Å². The van der Waals surface area contributed by atoms with E-state index in [0.717, 1.165) is 21.7 Å². The number of aromatic nitrogens is 3. The first-order valence-corrected chi connectivity index (χ1v) is 10.3. The van der Waals surface area contributed by atoms with Crippen molar-refractivity contribution in [2.75, 3.05) is 5.32 Å². The first-order valence-electron chi connectivity index (χ1n) is 9.44. The normalized spacial score (nSPS) is 11.3. The average molecular weight is 409 g/mol. The highest BCUT2D eigenvalue weighted by atomic mass is 32.1. The highest BCUT2D eigenvalue weighted by Gasteiger charge is 2.12. The summed E-state index contributed by atoms with van der Waals surface area (Å²) < 4.78 is 13.9. The molecule has 2 N–H and O–H groups in total. The Bertz CT molecular complexity index is 1160. The zero-order chi connectivity index (χ0) is 20.4. The summed E-state index contributed by atoms with van der Waals surface area (Å²) >= 11 is 1.58. The van der Waals surface area contributed by atoms with Gasteiger partial charge in [0, 0.05) is 23.4 Å². The molecule has 2 heterocycles. The second kappa shape index (κ2) is 8.13. The number of hydrogen-bond donors (Lipinski definition) is 2. The van der Waals surface area contributed by atoms with Crippen molar-refractivity contribution in [3.63, 3.8) is 0 Å². The summed E-state index contributed by atoms with van der Waals surface area (Å²) in [6.07, 6.45) is 0.619. The van der Waals surface area contributed by atoms with Crippen LogP contribution in [0.3, 0.4) is 0 Å². The number of anilines is 1. The lowest BCUT2D eigenvalue weighted by atomic mass is 10.1. The number of hydrogen-bond acceptors (Lipinski definition) is 4. The van der Waals surface area contributed by atoms with E-state index in [0.29, 0.717) is 29.4 Å². The van der Waals surface area contributed by atoms with Crippen LogP contribution in [-0.2, 0) is 17.6 Å². The predicted octanol–water partition coefficient (Wildman–Crippen LogP) is 5.05. The summed E-state index contributed by atoms with van der Waals surface area (Å²) in [5.74, 6) is 0.676. The Balaban J connectivity index is 1.45. The zero-order valence-electron chi connectivity index (χ0n) is 16.2. The fourth-order valence-electron chi connectivity index (χ4n) is 3.08. The van der Waals surface area contributed by atoms with Crippen LogP contribution < -0.4 is 5.32 Å². The van der Waals surface area contributed by atoms with Gasteiger partial charge in [-0.15, -0.1) is 11.3 Å². The fourth-order valence-corrected chi connectivity index (χ4v) is 3.92. The fraction of sp³-hybridized carbons (Fsp3) is 0.227. The summed E-state index contributed by atoms with van der Waals surface area (Å²) in [6.45, 7) is 4.17. The van der Waals surface area contributed by atoms with Crippen LogP contribution in [0.4, 0.5) is 10.1 Å². The number of halogens is 1. The number of imidazole rings is 1. The van der Waals surface area contributed by atoms with E-state index in [2.05, 4.69) is 34.1 Å². The number of fused-ring (bicyclic) bond motifs is 1. The third-order valence-corrected chi connectivity index (χ3v) is 5.73. The Morgan fingerprint density at radius 3 is 2.79 bits per heavy atom. The lowest BCUT2D eigenvalue weighted by Gasteiger charge is -2.04. The Morgan fingerprint density at radius 2 is 2.03 bits per heavy atom. The maximum absolute atomic E-state index is 13.9. The Labute approximate surface area is 172 Å². The standard InChI is InChI=1S/C22H21FN4OS/c1-13(2)22-25-16(12-29-22)11-21(28)24-15-7-8-18-19(10-15)27-20(26-18)9-14-5-3-4-6-17(14)23/h3-8,10,12-13H,9,11H2,1-2H3,(H,24,28)(H,26,27). The largest absolute Gasteiger partial charge is 0.342 e. The average Bonchev–Trinajstić information content (AvgIpc) is 3.30. The number of H-pyrrole nitrogens is 1. The number of nitrogens with zero attached hydrogens (tertiary/aromatic N) is 2. The van der Waals surface area contributed by atoms with Crippen molar-refractivity contribution in [1.29, 1.82) is 0 Å². The zero-order valence-corrected chi connectivity index (χ0v) is 17.0. The Hall–Kier alpha value is -3.06. The number of amides is 1. The molecule has 0 bridgehead atoms. The van der Waals surface area contributed by atoms with Gasteiger partial charge in [-0.25, -0.2) is 14.4 Å². The molecule has 2 aromatic heterocycles. The van der Waals surface area contributed by atoms with Gasteiger partial charge in [0.1, 0.15) is 11.6 Å². The summed E-state index contributed by atoms with van der Waals surface area (Å²) in [4.78, 5) is 24.6. The van der Waals surface area contributed by atoms with E-state index >= 15 is 0 Å². The number of carbonyl (C=O) groups excluding carboxylic acids is 1. The molecule has 0 aliphatic rings. The van der Waals surface area contributed by atoms with Crippen LogP contribution in [0.5, 0.6) is 0 Å². The van der Waals surface area contributed by atoms with Gasteiger partial charge >= 0.3 is 0 Å². The van der Waals surface area contributed by atoms with Gasteiger partial charge in [0.05, 0.1) is 28.2 Å². The number of rotatable bonds is 6. The summed E-state index contributed by atoms with van der Waals surface area (Å²) in [7, 11) is 0. The van der Waals surface area contributed by atoms with Crippen LogP contribution >= 0.6 is 11.3 Å². The predicted molar refractivity (Wildman–Crippen MR) is 114 cm³/mol. The highest BCUT2D eigenvalue weighted by molar-refractivity contribution is 7.09. The van der Waals surface area contributed by atoms with E-state index in [4.69, 9.17) is 0 Å². The lowest BCUT2D eigenvalue weighted by molar-refractivity contribution is -0.115. The van der Waals surface area contributed by atoms with Gasteiger partial charge in [0.15, 0.2) is 0 Å². The molecule has 0 aliphatic carbocycles. The molecule has 7 heteroatoms. The number of carbonyl (C=O) groups is 1. The van der Waals surface area contributed by atoms with Crippen molar-refractivity contribution in [3.8, 4) is 0 Å². The summed E-state index contributed by atoms with van der Waals surface area (Å²) in [6, 6.07) is 12.2. The van der Waals surface area contributed by atoms with Crippen molar-refractivity contribution in [2.45, 2.75) is 32.6 Å². The van der Waals surface area contributed by atoms with Gasteiger partial charge in [0.25, 0.3) is 0 Å². The van der Waals surface area contributed by atoms with E-state index in [1.165, 1.54) is 6.07 Å². The first kappa shape index (κ1) is 19.3. The van der Waals surface area contributed by atoms with E-state index in [9.17, 15) is 9.18 Å². The maximum atomic E-state index is 13.9. The molecule has 4 rings (SSSR count). The number of nitrogens with one attached hydrogen (secondary N) is 2. The second-order valence-electron chi connectivity index (χ2n) is 7.24. The molecule has 0 saturated heterocycles. The molecule has 0 fully saturated rings. The molecular formula is C22H21FN4OS. The lowest BCUT2D eigenvalue weighted by Crippen LogP contribution is -2.14. The minimum absolute atomic E-state index is 0.115. The van der Waals surface area contributed by atoms with Gasteiger partial charge in [-0.3, -0.25) is 4.79 Å². The summed E-state index contributed by atoms with van der Waals surface area (Å²) in [5.41, 5.74) is 3.62. The molecule has 0 atom stereocenters. The molecule has 1 amide bonds. The molecule has 148 valence electrons. The molecule has 5 nitrogen and oxygen atoms in total. The maximum Gasteiger partial charge on any atom is 0.230 e. The van der Waals surface area contributed by atoms with E-state index in [1.807, 2.05) is 23.6 Å².